The maximum absolute atomic E-state index is 5.96. The Hall–Kier alpha value is -2.10. The van der Waals surface area contributed by atoms with Gasteiger partial charge in [-0.2, -0.15) is 0 Å². The van der Waals surface area contributed by atoms with Gasteiger partial charge in [-0.25, -0.2) is 0 Å². The lowest BCUT2D eigenvalue weighted by Gasteiger charge is -2.42. The van der Waals surface area contributed by atoms with E-state index in [4.69, 9.17) is 4.52 Å². The molecule has 2 aliphatic rings. The number of piperidine rings is 1. The smallest absolute Gasteiger partial charge is 0.142 e. The molecule has 4 atom stereocenters. The van der Waals surface area contributed by atoms with E-state index in [1.54, 1.807) is 0 Å². The average molecular weight is 395 g/mol. The molecule has 2 fully saturated rings. The number of aromatic nitrogens is 1. The molecule has 0 aliphatic carbocycles. The molecule has 0 spiro atoms. The molecule has 4 heteroatoms. The standard InChI is InChI=1S/C24H26N2O.ClH/c1-16-8-10-17(11-9-16)20-14-19-12-13-22(26(19)2)24(20)23-15-21(25-27-23)18-6-4-3-5-7-18;/h3-11,15,19-20,22,24H,12-14H2,1-2H3;1H/t19-,20-,22?,24?;/m1./s1. The second-order valence-corrected chi connectivity index (χ2v) is 8.22. The summed E-state index contributed by atoms with van der Waals surface area (Å²) in [5, 5.41) is 4.42. The molecule has 2 aromatic carbocycles. The molecule has 28 heavy (non-hydrogen) atoms. The van der Waals surface area contributed by atoms with Gasteiger partial charge in [0.2, 0.25) is 0 Å². The SMILES string of the molecule is Cc1ccc([C@H]2C[C@H]3CCC(C2c2cc(-c4ccccc4)no2)N3C)cc1.Cl. The van der Waals surface area contributed by atoms with Crippen molar-refractivity contribution >= 4 is 12.4 Å². The van der Waals surface area contributed by atoms with Gasteiger partial charge in [-0.05, 0) is 44.7 Å². The third-order valence-corrected chi connectivity index (χ3v) is 6.70. The van der Waals surface area contributed by atoms with Crippen LogP contribution in [0.15, 0.2) is 65.2 Å². The molecule has 0 amide bonds. The molecular formula is C24H27ClN2O. The molecule has 0 saturated carbocycles. The third-order valence-electron chi connectivity index (χ3n) is 6.70. The van der Waals surface area contributed by atoms with E-state index in [2.05, 4.69) is 78.6 Å². The van der Waals surface area contributed by atoms with E-state index >= 15 is 0 Å². The molecular weight excluding hydrogens is 368 g/mol. The van der Waals surface area contributed by atoms with Gasteiger partial charge in [0.25, 0.3) is 0 Å². The molecule has 0 radical (unpaired) electrons. The summed E-state index contributed by atoms with van der Waals surface area (Å²) in [4.78, 5) is 2.58. The number of aryl methyl sites for hydroxylation is 1. The summed E-state index contributed by atoms with van der Waals surface area (Å²) in [6.45, 7) is 2.15. The Morgan fingerprint density at radius 3 is 2.50 bits per heavy atom. The van der Waals surface area contributed by atoms with Crippen LogP contribution in [0, 0.1) is 6.92 Å². The Labute approximate surface area is 173 Å². The molecule has 146 valence electrons. The van der Waals surface area contributed by atoms with Crippen LogP contribution in [0.1, 0.15) is 48.0 Å². The van der Waals surface area contributed by atoms with E-state index in [1.165, 1.54) is 30.4 Å². The Kier molecular flexibility index (Phi) is 5.31. The second-order valence-electron chi connectivity index (χ2n) is 8.22. The summed E-state index contributed by atoms with van der Waals surface area (Å²) in [6.07, 6.45) is 3.73. The number of fused-ring (bicyclic) bond motifs is 2. The zero-order valence-corrected chi connectivity index (χ0v) is 17.2. The van der Waals surface area contributed by atoms with Crippen molar-refractivity contribution in [1.29, 1.82) is 0 Å². The summed E-state index contributed by atoms with van der Waals surface area (Å²) in [5.41, 5.74) is 4.81. The Bertz CT molecular complexity index is 921. The van der Waals surface area contributed by atoms with Crippen molar-refractivity contribution < 1.29 is 4.52 Å². The van der Waals surface area contributed by atoms with Crippen LogP contribution in [0.4, 0.5) is 0 Å². The first kappa shape index (κ1) is 19.2. The molecule has 2 saturated heterocycles. The maximum atomic E-state index is 5.96. The summed E-state index contributed by atoms with van der Waals surface area (Å²) in [5.74, 6) is 1.90. The van der Waals surface area contributed by atoms with Crippen LogP contribution in [-0.2, 0) is 0 Å². The van der Waals surface area contributed by atoms with Crippen molar-refractivity contribution in [3.63, 3.8) is 0 Å². The average Bonchev–Trinajstić information content (AvgIpc) is 3.26. The Balaban J connectivity index is 0.00000192. The third kappa shape index (κ3) is 3.27. The number of benzene rings is 2. The molecule has 3 heterocycles. The second kappa shape index (κ2) is 7.73. The minimum atomic E-state index is 0. The number of hydrogen-bond donors (Lipinski definition) is 0. The van der Waals surface area contributed by atoms with E-state index in [0.29, 0.717) is 23.9 Å². The molecule has 5 rings (SSSR count). The number of rotatable bonds is 3. The zero-order chi connectivity index (χ0) is 18.4. The van der Waals surface area contributed by atoms with Crippen LogP contribution < -0.4 is 0 Å². The van der Waals surface area contributed by atoms with Crippen molar-refractivity contribution in [3.8, 4) is 11.3 Å². The monoisotopic (exact) mass is 394 g/mol. The highest BCUT2D eigenvalue weighted by Gasteiger charge is 2.48. The van der Waals surface area contributed by atoms with Gasteiger partial charge in [0.1, 0.15) is 11.5 Å². The molecule has 2 aliphatic heterocycles. The van der Waals surface area contributed by atoms with Gasteiger partial charge < -0.3 is 4.52 Å². The number of halogens is 1. The molecule has 3 nitrogen and oxygen atoms in total. The lowest BCUT2D eigenvalue weighted by Crippen LogP contribution is -2.44. The van der Waals surface area contributed by atoms with Crippen LogP contribution in [0.3, 0.4) is 0 Å². The largest absolute Gasteiger partial charge is 0.360 e. The minimum absolute atomic E-state index is 0. The van der Waals surface area contributed by atoms with Gasteiger partial charge in [-0.1, -0.05) is 65.3 Å². The summed E-state index contributed by atoms with van der Waals surface area (Å²) in [7, 11) is 2.29. The van der Waals surface area contributed by atoms with E-state index in [9.17, 15) is 0 Å². The minimum Gasteiger partial charge on any atom is -0.360 e. The molecule has 2 unspecified atom stereocenters. The quantitative estimate of drug-likeness (QED) is 0.561. The van der Waals surface area contributed by atoms with Crippen molar-refractivity contribution in [2.24, 2.45) is 0 Å². The molecule has 3 aromatic rings. The first-order chi connectivity index (χ1) is 13.2. The van der Waals surface area contributed by atoms with Gasteiger partial charge in [-0.3, -0.25) is 4.90 Å². The van der Waals surface area contributed by atoms with Crippen LogP contribution in [0.5, 0.6) is 0 Å². The fraction of sp³-hybridized carbons (Fsp3) is 0.375. The molecule has 2 bridgehead atoms. The van der Waals surface area contributed by atoms with Gasteiger partial charge in [0.05, 0.1) is 0 Å². The van der Waals surface area contributed by atoms with E-state index in [1.807, 2.05) is 6.07 Å². The topological polar surface area (TPSA) is 29.3 Å². The van der Waals surface area contributed by atoms with Crippen molar-refractivity contribution in [3.05, 3.63) is 77.6 Å². The lowest BCUT2D eigenvalue weighted by molar-refractivity contribution is 0.122. The highest BCUT2D eigenvalue weighted by Crippen LogP contribution is 2.51. The van der Waals surface area contributed by atoms with Gasteiger partial charge >= 0.3 is 0 Å². The Morgan fingerprint density at radius 2 is 1.75 bits per heavy atom. The Morgan fingerprint density at radius 1 is 1.00 bits per heavy atom. The van der Waals surface area contributed by atoms with E-state index < -0.39 is 0 Å². The highest BCUT2D eigenvalue weighted by atomic mass is 35.5. The first-order valence-corrected chi connectivity index (χ1v) is 10.0. The summed E-state index contributed by atoms with van der Waals surface area (Å²) in [6, 6.07) is 22.8. The predicted molar refractivity (Wildman–Crippen MR) is 115 cm³/mol. The number of nitrogens with zero attached hydrogens (tertiary/aromatic N) is 2. The fourth-order valence-corrected chi connectivity index (χ4v) is 5.20. The predicted octanol–water partition coefficient (Wildman–Crippen LogP) is 5.81. The number of likely N-dealkylation sites (N-methyl/N-ethyl adjacent to an activating group) is 1. The van der Waals surface area contributed by atoms with Crippen LogP contribution >= 0.6 is 12.4 Å². The summed E-state index contributed by atoms with van der Waals surface area (Å²) >= 11 is 0. The maximum Gasteiger partial charge on any atom is 0.142 e. The van der Waals surface area contributed by atoms with Gasteiger partial charge in [0.15, 0.2) is 0 Å². The lowest BCUT2D eigenvalue weighted by atomic mass is 9.74. The highest BCUT2D eigenvalue weighted by molar-refractivity contribution is 5.85. The zero-order valence-electron chi connectivity index (χ0n) is 16.4. The van der Waals surface area contributed by atoms with Crippen LogP contribution in [0.25, 0.3) is 11.3 Å². The number of hydrogen-bond acceptors (Lipinski definition) is 3. The van der Waals surface area contributed by atoms with E-state index in [0.717, 1.165) is 17.0 Å². The van der Waals surface area contributed by atoms with Crippen molar-refractivity contribution in [2.75, 3.05) is 7.05 Å². The van der Waals surface area contributed by atoms with Crippen molar-refractivity contribution in [2.45, 2.75) is 50.1 Å². The first-order valence-electron chi connectivity index (χ1n) is 10.0. The fourth-order valence-electron chi connectivity index (χ4n) is 5.20. The molecule has 1 aromatic heterocycles. The van der Waals surface area contributed by atoms with E-state index in [-0.39, 0.29) is 12.4 Å². The van der Waals surface area contributed by atoms with Crippen molar-refractivity contribution in [1.82, 2.24) is 10.1 Å². The molecule has 0 N–H and O–H groups in total. The van der Waals surface area contributed by atoms with Gasteiger partial charge in [-0.15, -0.1) is 12.4 Å². The van der Waals surface area contributed by atoms with Gasteiger partial charge in [0, 0.05) is 29.6 Å². The van der Waals surface area contributed by atoms with Crippen LogP contribution in [0.2, 0.25) is 0 Å². The normalized spacial score (nSPS) is 26.8. The van der Waals surface area contributed by atoms with Crippen LogP contribution in [-0.4, -0.2) is 29.2 Å². The summed E-state index contributed by atoms with van der Waals surface area (Å²) < 4.78 is 5.96.